The van der Waals surface area contributed by atoms with Crippen molar-refractivity contribution in [3.63, 3.8) is 0 Å². The zero-order chi connectivity index (χ0) is 9.84. The first-order valence-electron chi connectivity index (χ1n) is 3.90. The Kier molecular flexibility index (Phi) is 3.35. The van der Waals surface area contributed by atoms with Crippen LogP contribution >= 0.6 is 15.9 Å². The van der Waals surface area contributed by atoms with Gasteiger partial charge in [0.05, 0.1) is 0 Å². The van der Waals surface area contributed by atoms with Gasteiger partial charge in [-0.1, -0.05) is 18.4 Å². The van der Waals surface area contributed by atoms with Gasteiger partial charge in [-0.05, 0) is 27.3 Å². The number of nitro groups is 1. The zero-order valence-electron chi connectivity index (χ0n) is 7.10. The molecule has 0 aliphatic rings. The molecular formula is C6H9BrN4O2. The molecule has 0 radical (unpaired) electrons. The van der Waals surface area contributed by atoms with Crippen LogP contribution in [-0.2, 0) is 6.54 Å². The van der Waals surface area contributed by atoms with Crippen molar-refractivity contribution >= 4 is 21.7 Å². The first kappa shape index (κ1) is 10.1. The van der Waals surface area contributed by atoms with Gasteiger partial charge in [0.25, 0.3) is 0 Å². The molecule has 0 saturated carbocycles. The molecule has 0 fully saturated rings. The highest BCUT2D eigenvalue weighted by atomic mass is 79.9. The molecule has 6 nitrogen and oxygen atoms in total. The van der Waals surface area contributed by atoms with Crippen LogP contribution in [0.25, 0.3) is 0 Å². The lowest BCUT2D eigenvalue weighted by atomic mass is 10.3. The standard InChI is InChI=1S/C6H9BrN4O2/c1-2-3-4-10-6(11(12)13)5(7)8-9-10/h2-4H2,1H3. The summed E-state index contributed by atoms with van der Waals surface area (Å²) in [6.45, 7) is 2.54. The minimum atomic E-state index is -0.486. The molecule has 1 heterocycles. The molecule has 72 valence electrons. The average Bonchev–Trinajstić information content (AvgIpc) is 2.43. The van der Waals surface area contributed by atoms with Gasteiger partial charge in [-0.15, -0.1) is 4.68 Å². The number of aromatic nitrogens is 3. The predicted octanol–water partition coefficient (Wildman–Crippen LogP) is 1.75. The second kappa shape index (κ2) is 4.31. The van der Waals surface area contributed by atoms with E-state index in [2.05, 4.69) is 26.2 Å². The number of halogens is 1. The van der Waals surface area contributed by atoms with Gasteiger partial charge in [-0.2, -0.15) is 0 Å². The lowest BCUT2D eigenvalue weighted by Crippen LogP contribution is -2.04. The van der Waals surface area contributed by atoms with Crippen LogP contribution in [0.5, 0.6) is 0 Å². The molecule has 0 spiro atoms. The third kappa shape index (κ3) is 2.24. The second-order valence-electron chi connectivity index (χ2n) is 2.54. The van der Waals surface area contributed by atoms with Crippen LogP contribution in [0.3, 0.4) is 0 Å². The maximum absolute atomic E-state index is 10.5. The largest absolute Gasteiger partial charge is 0.379 e. The summed E-state index contributed by atoms with van der Waals surface area (Å²) < 4.78 is 1.49. The molecule has 0 unspecified atom stereocenters. The second-order valence-corrected chi connectivity index (χ2v) is 3.29. The molecule has 0 N–H and O–H groups in total. The molecule has 0 aliphatic carbocycles. The number of hydrogen-bond acceptors (Lipinski definition) is 4. The Morgan fingerprint density at radius 2 is 2.38 bits per heavy atom. The van der Waals surface area contributed by atoms with Gasteiger partial charge in [0.1, 0.15) is 6.54 Å². The molecule has 0 aromatic carbocycles. The molecule has 7 heteroatoms. The number of unbranched alkanes of at least 4 members (excludes halogenated alkanes) is 1. The van der Waals surface area contributed by atoms with Crippen LogP contribution in [0.15, 0.2) is 4.60 Å². The summed E-state index contributed by atoms with van der Waals surface area (Å²) in [6.07, 6.45) is 1.82. The van der Waals surface area contributed by atoms with Gasteiger partial charge < -0.3 is 10.1 Å². The van der Waals surface area contributed by atoms with Crippen molar-refractivity contribution in [1.82, 2.24) is 15.0 Å². The van der Waals surface area contributed by atoms with E-state index in [0.29, 0.717) is 6.54 Å². The van der Waals surface area contributed by atoms with Crippen molar-refractivity contribution in [3.8, 4) is 0 Å². The Bertz CT molecular complexity index is 312. The van der Waals surface area contributed by atoms with Gasteiger partial charge in [0.15, 0.2) is 0 Å². The van der Waals surface area contributed by atoms with Gasteiger partial charge in [0, 0.05) is 5.21 Å². The Morgan fingerprint density at radius 1 is 1.69 bits per heavy atom. The minimum Gasteiger partial charge on any atom is -0.358 e. The van der Waals surface area contributed by atoms with E-state index in [1.807, 2.05) is 6.92 Å². The summed E-state index contributed by atoms with van der Waals surface area (Å²) in [7, 11) is 0. The van der Waals surface area contributed by atoms with Crippen molar-refractivity contribution < 1.29 is 4.92 Å². The highest BCUT2D eigenvalue weighted by Crippen LogP contribution is 2.21. The fourth-order valence-corrected chi connectivity index (χ4v) is 1.34. The fraction of sp³-hybridized carbons (Fsp3) is 0.667. The third-order valence-electron chi connectivity index (χ3n) is 1.57. The lowest BCUT2D eigenvalue weighted by molar-refractivity contribution is -0.393. The van der Waals surface area contributed by atoms with E-state index in [-0.39, 0.29) is 10.4 Å². The Balaban J connectivity index is 2.87. The van der Waals surface area contributed by atoms with E-state index in [9.17, 15) is 10.1 Å². The SMILES string of the molecule is CCCCn1nnc(Br)c1[N+](=O)[O-]. The van der Waals surface area contributed by atoms with Gasteiger partial charge in [0.2, 0.25) is 4.60 Å². The van der Waals surface area contributed by atoms with E-state index >= 15 is 0 Å². The van der Waals surface area contributed by atoms with Crippen molar-refractivity contribution in [2.24, 2.45) is 0 Å². The van der Waals surface area contributed by atoms with Gasteiger partial charge in [-0.3, -0.25) is 0 Å². The molecule has 1 rings (SSSR count). The summed E-state index contributed by atoms with van der Waals surface area (Å²) in [5.74, 6) is -0.0755. The Morgan fingerprint density at radius 3 is 2.92 bits per heavy atom. The lowest BCUT2D eigenvalue weighted by Gasteiger charge is -1.96. The maximum Gasteiger partial charge on any atom is 0.379 e. The van der Waals surface area contributed by atoms with Gasteiger partial charge in [-0.25, -0.2) is 0 Å². The highest BCUT2D eigenvalue weighted by Gasteiger charge is 2.21. The van der Waals surface area contributed by atoms with E-state index in [0.717, 1.165) is 12.8 Å². The average molecular weight is 249 g/mol. The predicted molar refractivity (Wildman–Crippen MR) is 49.3 cm³/mol. The minimum absolute atomic E-state index is 0.0755. The van der Waals surface area contributed by atoms with Crippen LogP contribution in [-0.4, -0.2) is 19.9 Å². The third-order valence-corrected chi connectivity index (χ3v) is 2.08. The van der Waals surface area contributed by atoms with Crippen LogP contribution in [0.2, 0.25) is 0 Å². The number of rotatable bonds is 4. The molecule has 13 heavy (non-hydrogen) atoms. The summed E-state index contributed by atoms with van der Waals surface area (Å²) in [5, 5.41) is 17.8. The summed E-state index contributed by atoms with van der Waals surface area (Å²) in [4.78, 5) is 10.1. The number of nitrogens with zero attached hydrogens (tertiary/aromatic N) is 4. The zero-order valence-corrected chi connectivity index (χ0v) is 8.69. The number of aryl methyl sites for hydroxylation is 1. The summed E-state index contributed by atoms with van der Waals surface area (Å²) in [5.41, 5.74) is 0. The smallest absolute Gasteiger partial charge is 0.358 e. The van der Waals surface area contributed by atoms with Crippen LogP contribution < -0.4 is 0 Å². The molecule has 0 aliphatic heterocycles. The molecule has 0 amide bonds. The van der Waals surface area contributed by atoms with Crippen LogP contribution in [0.4, 0.5) is 5.82 Å². The van der Waals surface area contributed by atoms with Crippen molar-refractivity contribution in [1.29, 1.82) is 0 Å². The molecule has 1 aromatic rings. The maximum atomic E-state index is 10.5. The van der Waals surface area contributed by atoms with Crippen LogP contribution in [0, 0.1) is 10.1 Å². The quantitative estimate of drug-likeness (QED) is 0.601. The fourth-order valence-electron chi connectivity index (χ4n) is 0.915. The van der Waals surface area contributed by atoms with E-state index in [4.69, 9.17) is 0 Å². The van der Waals surface area contributed by atoms with Crippen molar-refractivity contribution in [3.05, 3.63) is 14.7 Å². The highest BCUT2D eigenvalue weighted by molar-refractivity contribution is 9.10. The first-order valence-corrected chi connectivity index (χ1v) is 4.69. The van der Waals surface area contributed by atoms with Crippen LogP contribution in [0.1, 0.15) is 19.8 Å². The molecule has 0 bridgehead atoms. The Labute approximate surface area is 83.2 Å². The molecule has 0 saturated heterocycles. The molecular weight excluding hydrogens is 240 g/mol. The summed E-state index contributed by atoms with van der Waals surface area (Å²) >= 11 is 2.97. The van der Waals surface area contributed by atoms with Crippen molar-refractivity contribution in [2.75, 3.05) is 0 Å². The topological polar surface area (TPSA) is 73.8 Å². The van der Waals surface area contributed by atoms with E-state index in [1.165, 1.54) is 4.68 Å². The van der Waals surface area contributed by atoms with E-state index in [1.54, 1.807) is 0 Å². The molecule has 0 atom stereocenters. The normalized spacial score (nSPS) is 10.3. The van der Waals surface area contributed by atoms with Gasteiger partial charge >= 0.3 is 5.82 Å². The molecule has 1 aromatic heterocycles. The summed E-state index contributed by atoms with van der Waals surface area (Å²) in [6, 6.07) is 0. The van der Waals surface area contributed by atoms with Crippen molar-refractivity contribution in [2.45, 2.75) is 26.3 Å². The van der Waals surface area contributed by atoms with E-state index < -0.39 is 4.92 Å². The number of hydrogen-bond donors (Lipinski definition) is 0. The Hall–Kier alpha value is -0.980. The first-order chi connectivity index (χ1) is 6.16. The monoisotopic (exact) mass is 248 g/mol.